The third-order valence-electron chi connectivity index (χ3n) is 8.89. The minimum absolute atomic E-state index is 0.0228. The molecule has 0 fully saturated rings. The molecule has 5 heteroatoms. The number of aromatic nitrogens is 3. The summed E-state index contributed by atoms with van der Waals surface area (Å²) in [5.41, 5.74) is 4.35. The number of nitrogens with zero attached hydrogens (tertiary/aromatic N) is 3. The van der Waals surface area contributed by atoms with E-state index < -0.39 is 0 Å². The molecule has 0 saturated heterocycles. The van der Waals surface area contributed by atoms with Gasteiger partial charge in [-0.3, -0.25) is 0 Å². The third-order valence-corrected chi connectivity index (χ3v) is 10.1. The normalized spacial score (nSPS) is 13.3. The molecule has 10 aromatic rings. The summed E-state index contributed by atoms with van der Waals surface area (Å²) >= 11 is 1.63. The Morgan fingerprint density at radius 3 is 1.94 bits per heavy atom. The van der Waals surface area contributed by atoms with E-state index in [1.54, 1.807) is 35.6 Å². The van der Waals surface area contributed by atoms with Crippen molar-refractivity contribution in [2.75, 3.05) is 0 Å². The molecular weight excluding hydrogens is 631 g/mol. The SMILES string of the molecule is [2H]c1c([2H])c(-c2ccccc2)c2c(oc3c([2H])c(-c4nc(-c5ccc(-c6ccccc6)cc5)nc(-c5cccc6c5sc5ccccc56)n4)c([2H])c([2H])c32)c1[2H]. The molecule has 7 aromatic carbocycles. The molecule has 0 unspecified atom stereocenters. The molecule has 0 atom stereocenters. The highest BCUT2D eigenvalue weighted by molar-refractivity contribution is 7.26. The maximum atomic E-state index is 9.53. The highest BCUT2D eigenvalue weighted by Crippen LogP contribution is 2.41. The number of benzene rings is 7. The van der Waals surface area contributed by atoms with Crippen LogP contribution >= 0.6 is 11.3 Å². The summed E-state index contributed by atoms with van der Waals surface area (Å²) < 4.78 is 62.8. The van der Waals surface area contributed by atoms with Gasteiger partial charge in [0, 0.05) is 47.6 Å². The van der Waals surface area contributed by atoms with E-state index in [0.29, 0.717) is 28.3 Å². The van der Waals surface area contributed by atoms with Crippen molar-refractivity contribution in [2.45, 2.75) is 0 Å². The van der Waals surface area contributed by atoms with Crippen LogP contribution in [0.5, 0.6) is 0 Å². The number of thiophene rings is 1. The van der Waals surface area contributed by atoms with Gasteiger partial charge in [-0.2, -0.15) is 0 Å². The van der Waals surface area contributed by atoms with E-state index in [1.165, 1.54) is 0 Å². The molecule has 3 aromatic heterocycles. The van der Waals surface area contributed by atoms with Gasteiger partial charge < -0.3 is 4.42 Å². The van der Waals surface area contributed by atoms with Gasteiger partial charge in [0.05, 0.1) is 8.22 Å². The summed E-state index contributed by atoms with van der Waals surface area (Å²) in [6.07, 6.45) is 0. The number of hydrogen-bond donors (Lipinski definition) is 0. The average Bonchev–Trinajstić information content (AvgIpc) is 3.83. The molecule has 234 valence electrons. The van der Waals surface area contributed by atoms with E-state index in [0.717, 1.165) is 36.9 Å². The first kappa shape index (κ1) is 23.0. The van der Waals surface area contributed by atoms with Crippen LogP contribution in [0, 0.1) is 0 Å². The lowest BCUT2D eigenvalue weighted by atomic mass is 9.99. The summed E-state index contributed by atoms with van der Waals surface area (Å²) in [6, 6.07) is 39.4. The Balaban J connectivity index is 1.24. The predicted octanol–water partition coefficient (Wildman–Crippen LogP) is 12.5. The van der Waals surface area contributed by atoms with Crippen LogP contribution < -0.4 is 0 Å². The largest absolute Gasteiger partial charge is 0.456 e. The van der Waals surface area contributed by atoms with Gasteiger partial charge in [-0.15, -0.1) is 11.3 Å². The first-order valence-corrected chi connectivity index (χ1v) is 16.9. The molecule has 4 nitrogen and oxygen atoms in total. The topological polar surface area (TPSA) is 51.8 Å². The Labute approximate surface area is 300 Å². The number of hydrogen-bond acceptors (Lipinski definition) is 5. The maximum absolute atomic E-state index is 9.53. The second-order valence-electron chi connectivity index (χ2n) is 11.9. The monoisotopic (exact) mass is 663 g/mol. The van der Waals surface area contributed by atoms with Crippen molar-refractivity contribution in [3.63, 3.8) is 0 Å². The summed E-state index contributed by atoms with van der Waals surface area (Å²) in [4.78, 5) is 14.8. The van der Waals surface area contributed by atoms with E-state index in [9.17, 15) is 4.11 Å². The average molecular weight is 664 g/mol. The minimum Gasteiger partial charge on any atom is -0.456 e. The van der Waals surface area contributed by atoms with Crippen molar-refractivity contribution in [2.24, 2.45) is 0 Å². The number of furan rings is 1. The van der Waals surface area contributed by atoms with Crippen LogP contribution in [0.2, 0.25) is 0 Å². The lowest BCUT2D eigenvalue weighted by Gasteiger charge is -2.10. The molecule has 10 rings (SSSR count). The summed E-state index contributed by atoms with van der Waals surface area (Å²) in [5, 5.41) is 2.55. The second kappa shape index (κ2) is 11.6. The van der Waals surface area contributed by atoms with Gasteiger partial charge in [0.2, 0.25) is 0 Å². The maximum Gasteiger partial charge on any atom is 0.165 e. The van der Waals surface area contributed by atoms with Gasteiger partial charge in [0.15, 0.2) is 17.5 Å². The van der Waals surface area contributed by atoms with E-state index in [2.05, 4.69) is 18.2 Å². The van der Waals surface area contributed by atoms with Gasteiger partial charge in [0.25, 0.3) is 0 Å². The van der Waals surface area contributed by atoms with Crippen molar-refractivity contribution < 1.29 is 12.6 Å². The van der Waals surface area contributed by atoms with E-state index in [-0.39, 0.29) is 69.6 Å². The van der Waals surface area contributed by atoms with Crippen molar-refractivity contribution in [3.8, 4) is 56.4 Å². The predicted molar refractivity (Wildman–Crippen MR) is 207 cm³/mol. The Kier molecular flexibility index (Phi) is 5.35. The number of rotatable bonds is 5. The molecule has 0 amide bonds. The molecule has 0 radical (unpaired) electrons. The van der Waals surface area contributed by atoms with Crippen molar-refractivity contribution in [1.82, 2.24) is 15.0 Å². The highest BCUT2D eigenvalue weighted by Gasteiger charge is 2.18. The van der Waals surface area contributed by atoms with Crippen LogP contribution in [0.3, 0.4) is 0 Å². The van der Waals surface area contributed by atoms with Crippen LogP contribution in [0.1, 0.15) is 8.22 Å². The van der Waals surface area contributed by atoms with Gasteiger partial charge in [-0.25, -0.2) is 15.0 Å². The second-order valence-corrected chi connectivity index (χ2v) is 13.0. The Hall–Kier alpha value is -6.43. The van der Waals surface area contributed by atoms with Gasteiger partial charge in [0.1, 0.15) is 11.2 Å². The van der Waals surface area contributed by atoms with Gasteiger partial charge >= 0.3 is 0 Å². The zero-order valence-corrected chi connectivity index (χ0v) is 27.1. The summed E-state index contributed by atoms with van der Waals surface area (Å²) in [6.45, 7) is 0. The summed E-state index contributed by atoms with van der Waals surface area (Å²) in [5.74, 6) is 0.704. The molecule has 0 saturated carbocycles. The molecule has 0 spiro atoms. The molecule has 0 aliphatic rings. The fourth-order valence-corrected chi connectivity index (χ4v) is 7.70. The van der Waals surface area contributed by atoms with Crippen LogP contribution in [-0.2, 0) is 0 Å². The fourth-order valence-electron chi connectivity index (χ4n) is 6.48. The van der Waals surface area contributed by atoms with E-state index >= 15 is 0 Å². The van der Waals surface area contributed by atoms with Crippen LogP contribution in [-0.4, -0.2) is 15.0 Å². The van der Waals surface area contributed by atoms with E-state index in [4.69, 9.17) is 23.5 Å². The smallest absolute Gasteiger partial charge is 0.165 e. The first-order chi connectivity index (χ1) is 27.3. The Morgan fingerprint density at radius 2 is 1.12 bits per heavy atom. The lowest BCUT2D eigenvalue weighted by molar-refractivity contribution is 0.669. The molecule has 3 heterocycles. The first-order valence-electron chi connectivity index (χ1n) is 19.1. The highest BCUT2D eigenvalue weighted by atomic mass is 32.1. The van der Waals surface area contributed by atoms with Crippen molar-refractivity contribution >= 4 is 53.4 Å². The molecule has 0 aliphatic carbocycles. The quantitative estimate of drug-likeness (QED) is 0.184. The zero-order chi connectivity index (χ0) is 38.2. The van der Waals surface area contributed by atoms with Gasteiger partial charge in [-0.05, 0) is 52.5 Å². The van der Waals surface area contributed by atoms with Crippen molar-refractivity contribution in [3.05, 3.63) is 164 Å². The van der Waals surface area contributed by atoms with Gasteiger partial charge in [-0.1, -0.05) is 133 Å². The minimum atomic E-state index is -0.333. The molecule has 0 N–H and O–H groups in total. The molecular formula is C45H27N3OS. The van der Waals surface area contributed by atoms with Crippen molar-refractivity contribution in [1.29, 1.82) is 0 Å². The Bertz CT molecular complexity index is 3200. The van der Waals surface area contributed by atoms with Crippen LogP contribution in [0.15, 0.2) is 168 Å². The molecule has 0 bridgehead atoms. The lowest BCUT2D eigenvalue weighted by Crippen LogP contribution is -2.00. The zero-order valence-electron chi connectivity index (χ0n) is 32.3. The molecule has 0 aliphatic heterocycles. The summed E-state index contributed by atoms with van der Waals surface area (Å²) in [7, 11) is 0. The van der Waals surface area contributed by atoms with E-state index in [1.807, 2.05) is 84.9 Å². The van der Waals surface area contributed by atoms with Crippen LogP contribution in [0.25, 0.3) is 98.5 Å². The number of fused-ring (bicyclic) bond motifs is 6. The molecule has 50 heavy (non-hydrogen) atoms. The third kappa shape index (κ3) is 4.79. The Morgan fingerprint density at radius 1 is 0.460 bits per heavy atom. The van der Waals surface area contributed by atoms with Crippen LogP contribution in [0.4, 0.5) is 0 Å². The fraction of sp³-hybridized carbons (Fsp3) is 0. The standard InChI is InChI=1S/C45H27N3OS/c1-3-11-28(12-4-1)29-21-23-31(24-22-29)43-46-44(48-45(47-43)37-18-9-17-35-34-15-7-8-20-40(34)50-42(35)37)32-25-26-36-39(27-32)49-38-19-10-16-33(41(36)38)30-13-5-2-6-14-30/h1-27H/i10D,16D,19D,25D,26D,27D.